The Balaban J connectivity index is 3.20. The number of aromatic nitrogens is 1. The van der Waals surface area contributed by atoms with Crippen LogP contribution in [0.25, 0.3) is 0 Å². The summed E-state index contributed by atoms with van der Waals surface area (Å²) in [6.07, 6.45) is 1.69. The molecular weight excluding hydrogens is 150 g/mol. The second kappa shape index (κ2) is 2.88. The Labute approximate surface area is 64.1 Å². The number of rotatable bonds is 1. The van der Waals surface area contributed by atoms with E-state index in [4.69, 9.17) is 11.6 Å². The molecule has 0 unspecified atom stereocenters. The van der Waals surface area contributed by atoms with Gasteiger partial charge in [0.2, 0.25) is 0 Å². The second-order valence-corrected chi connectivity index (χ2v) is 2.41. The lowest BCUT2D eigenvalue weighted by atomic mass is 10.5. The minimum absolute atomic E-state index is 0.0463. The summed E-state index contributed by atoms with van der Waals surface area (Å²) in [4.78, 5) is 10.9. The predicted molar refractivity (Wildman–Crippen MR) is 41.4 cm³/mol. The lowest BCUT2D eigenvalue weighted by Crippen LogP contribution is -2.16. The van der Waals surface area contributed by atoms with E-state index < -0.39 is 0 Å². The van der Waals surface area contributed by atoms with Crippen molar-refractivity contribution < 1.29 is 0 Å². The van der Waals surface area contributed by atoms with Gasteiger partial charge in [-0.15, -0.1) is 0 Å². The summed E-state index contributed by atoms with van der Waals surface area (Å²) in [5, 5.41) is 0.495. The van der Waals surface area contributed by atoms with E-state index in [1.165, 1.54) is 6.07 Å². The molecule has 1 aromatic rings. The second-order valence-electron chi connectivity index (χ2n) is 1.97. The van der Waals surface area contributed by atoms with Crippen LogP contribution in [-0.2, 0) is 6.54 Å². The average molecular weight is 158 g/mol. The molecule has 0 amide bonds. The van der Waals surface area contributed by atoms with E-state index >= 15 is 0 Å². The Morgan fingerprint density at radius 1 is 1.70 bits per heavy atom. The van der Waals surface area contributed by atoms with Crippen molar-refractivity contribution in [3.05, 3.63) is 33.7 Å². The summed E-state index contributed by atoms with van der Waals surface area (Å²) in [6, 6.07) is 3.11. The third-order valence-corrected chi connectivity index (χ3v) is 1.53. The monoisotopic (exact) mass is 157 g/mol. The molecule has 1 aromatic heterocycles. The molecule has 0 fully saturated rings. The Morgan fingerprint density at radius 2 is 2.40 bits per heavy atom. The first-order chi connectivity index (χ1) is 4.74. The summed E-state index contributed by atoms with van der Waals surface area (Å²) >= 11 is 5.56. The highest BCUT2D eigenvalue weighted by atomic mass is 35.5. The van der Waals surface area contributed by atoms with Crippen LogP contribution in [0.2, 0.25) is 5.02 Å². The number of halogens is 1. The Morgan fingerprint density at radius 3 is 2.90 bits per heavy atom. The van der Waals surface area contributed by atoms with Crippen LogP contribution in [0.3, 0.4) is 0 Å². The van der Waals surface area contributed by atoms with Crippen molar-refractivity contribution in [1.82, 2.24) is 4.57 Å². The summed E-state index contributed by atoms with van der Waals surface area (Å²) in [5.74, 6) is 0. The average Bonchev–Trinajstić information content (AvgIpc) is 1.88. The summed E-state index contributed by atoms with van der Waals surface area (Å²) in [7, 11) is 0. The number of pyridine rings is 1. The molecule has 0 aliphatic rings. The highest BCUT2D eigenvalue weighted by molar-refractivity contribution is 6.30. The molecule has 10 heavy (non-hydrogen) atoms. The van der Waals surface area contributed by atoms with Crippen molar-refractivity contribution >= 4 is 11.6 Å². The molecule has 0 saturated heterocycles. The van der Waals surface area contributed by atoms with Crippen LogP contribution >= 0.6 is 11.6 Å². The van der Waals surface area contributed by atoms with Gasteiger partial charge in [-0.3, -0.25) is 4.79 Å². The fraction of sp³-hybridized carbons (Fsp3) is 0.286. The van der Waals surface area contributed by atoms with Gasteiger partial charge in [0.05, 0.1) is 0 Å². The fourth-order valence-electron chi connectivity index (χ4n) is 0.745. The van der Waals surface area contributed by atoms with E-state index in [0.29, 0.717) is 11.6 Å². The maximum Gasteiger partial charge on any atom is 0.251 e. The molecule has 0 spiro atoms. The molecule has 0 N–H and O–H groups in total. The predicted octanol–water partition coefficient (Wildman–Crippen LogP) is 1.52. The van der Waals surface area contributed by atoms with Gasteiger partial charge < -0.3 is 4.57 Å². The number of aryl methyl sites for hydroxylation is 1. The van der Waals surface area contributed by atoms with Gasteiger partial charge >= 0.3 is 0 Å². The number of hydrogen-bond acceptors (Lipinski definition) is 1. The van der Waals surface area contributed by atoms with E-state index in [1.807, 2.05) is 6.92 Å². The van der Waals surface area contributed by atoms with Gasteiger partial charge in [0.25, 0.3) is 5.56 Å². The third kappa shape index (κ3) is 1.39. The van der Waals surface area contributed by atoms with Crippen LogP contribution in [0.5, 0.6) is 0 Å². The van der Waals surface area contributed by atoms with Crippen LogP contribution in [0, 0.1) is 0 Å². The molecule has 0 bridgehead atoms. The lowest BCUT2D eigenvalue weighted by Gasteiger charge is -1.98. The van der Waals surface area contributed by atoms with E-state index in [9.17, 15) is 4.79 Å². The zero-order valence-corrected chi connectivity index (χ0v) is 6.43. The minimum Gasteiger partial charge on any atom is -0.316 e. The maximum absolute atomic E-state index is 10.9. The van der Waals surface area contributed by atoms with Crippen molar-refractivity contribution in [2.24, 2.45) is 0 Å². The van der Waals surface area contributed by atoms with Gasteiger partial charge in [0, 0.05) is 23.8 Å². The fourth-order valence-corrected chi connectivity index (χ4v) is 0.895. The highest BCUT2D eigenvalue weighted by Crippen LogP contribution is 2.01. The minimum atomic E-state index is -0.0463. The van der Waals surface area contributed by atoms with Crippen LogP contribution in [0.4, 0.5) is 0 Å². The number of hydrogen-bond donors (Lipinski definition) is 0. The van der Waals surface area contributed by atoms with E-state index in [2.05, 4.69) is 0 Å². The Kier molecular flexibility index (Phi) is 2.12. The van der Waals surface area contributed by atoms with E-state index in [-0.39, 0.29) is 5.56 Å². The van der Waals surface area contributed by atoms with Gasteiger partial charge in [0.1, 0.15) is 0 Å². The largest absolute Gasteiger partial charge is 0.316 e. The lowest BCUT2D eigenvalue weighted by molar-refractivity contribution is 0.727. The summed E-state index contributed by atoms with van der Waals surface area (Å²) < 4.78 is 1.59. The molecule has 54 valence electrons. The van der Waals surface area contributed by atoms with E-state index in [0.717, 1.165) is 0 Å². The molecule has 0 aromatic carbocycles. The highest BCUT2D eigenvalue weighted by Gasteiger charge is 1.91. The smallest absolute Gasteiger partial charge is 0.251 e. The molecule has 0 aliphatic carbocycles. The molecular formula is C7H8ClNO. The molecule has 1 heterocycles. The summed E-state index contributed by atoms with van der Waals surface area (Å²) in [6.45, 7) is 2.60. The molecule has 3 heteroatoms. The van der Waals surface area contributed by atoms with Crippen LogP contribution in [-0.4, -0.2) is 4.57 Å². The van der Waals surface area contributed by atoms with Crippen LogP contribution in [0.15, 0.2) is 23.1 Å². The van der Waals surface area contributed by atoms with Crippen LogP contribution < -0.4 is 5.56 Å². The number of nitrogens with zero attached hydrogens (tertiary/aromatic N) is 1. The molecule has 0 saturated carbocycles. The van der Waals surface area contributed by atoms with Gasteiger partial charge in [-0.25, -0.2) is 0 Å². The van der Waals surface area contributed by atoms with E-state index in [1.54, 1.807) is 16.8 Å². The first-order valence-electron chi connectivity index (χ1n) is 3.10. The topological polar surface area (TPSA) is 22.0 Å². The Hall–Kier alpha value is -0.760. The van der Waals surface area contributed by atoms with Crippen molar-refractivity contribution in [3.63, 3.8) is 0 Å². The Bertz CT molecular complexity index is 279. The van der Waals surface area contributed by atoms with Gasteiger partial charge in [-0.05, 0) is 13.0 Å². The SMILES string of the molecule is CCn1ccc(Cl)cc1=O. The molecule has 2 nitrogen and oxygen atoms in total. The van der Waals surface area contributed by atoms with Crippen molar-refractivity contribution in [2.75, 3.05) is 0 Å². The molecule has 0 aliphatic heterocycles. The van der Waals surface area contributed by atoms with Crippen LogP contribution in [0.1, 0.15) is 6.92 Å². The van der Waals surface area contributed by atoms with Crippen molar-refractivity contribution in [2.45, 2.75) is 13.5 Å². The first-order valence-corrected chi connectivity index (χ1v) is 3.48. The van der Waals surface area contributed by atoms with Gasteiger partial charge in [0.15, 0.2) is 0 Å². The molecule has 1 rings (SSSR count). The zero-order chi connectivity index (χ0) is 7.56. The summed E-state index contributed by atoms with van der Waals surface area (Å²) in [5.41, 5.74) is -0.0463. The standard InChI is InChI=1S/C7H8ClNO/c1-2-9-4-3-6(8)5-7(9)10/h3-5H,2H2,1H3. The normalized spacial score (nSPS) is 9.80. The third-order valence-electron chi connectivity index (χ3n) is 1.30. The van der Waals surface area contributed by atoms with Gasteiger partial charge in [-0.1, -0.05) is 11.6 Å². The van der Waals surface area contributed by atoms with Crippen molar-refractivity contribution in [1.29, 1.82) is 0 Å². The quantitative estimate of drug-likeness (QED) is 0.606. The van der Waals surface area contributed by atoms with Gasteiger partial charge in [-0.2, -0.15) is 0 Å². The maximum atomic E-state index is 10.9. The zero-order valence-electron chi connectivity index (χ0n) is 5.67. The van der Waals surface area contributed by atoms with Crippen molar-refractivity contribution in [3.8, 4) is 0 Å². The first kappa shape index (κ1) is 7.35. The molecule has 0 radical (unpaired) electrons. The molecule has 0 atom stereocenters.